The normalized spacial score (nSPS) is 12.4. The van der Waals surface area contributed by atoms with E-state index in [0.29, 0.717) is 11.8 Å². The van der Waals surface area contributed by atoms with Crippen LogP contribution in [0.3, 0.4) is 0 Å². The van der Waals surface area contributed by atoms with Crippen LogP contribution >= 0.6 is 0 Å². The number of benzene rings is 6. The van der Waals surface area contributed by atoms with Gasteiger partial charge in [0.15, 0.2) is 5.82 Å². The molecule has 0 spiro atoms. The largest absolute Gasteiger partial charge is 0.456 e. The number of hydrogen-bond donors (Lipinski definition) is 0. The third kappa shape index (κ3) is 4.04. The summed E-state index contributed by atoms with van der Waals surface area (Å²) in [5.74, 6) is 1.96. The molecule has 0 saturated carbocycles. The van der Waals surface area contributed by atoms with Gasteiger partial charge in [0.05, 0.1) is 33.1 Å². The van der Waals surface area contributed by atoms with E-state index in [0.717, 1.165) is 61.1 Å². The number of hydrogen-bond acceptors (Lipinski definition) is 4. The van der Waals surface area contributed by atoms with E-state index in [2.05, 4.69) is 151 Å². The molecular formula is C43H31N5O. The molecule has 0 saturated heterocycles. The third-order valence-corrected chi connectivity index (χ3v) is 9.64. The second-order valence-electron chi connectivity index (χ2n) is 13.7. The number of aromatic nitrogens is 5. The molecule has 0 bridgehead atoms. The van der Waals surface area contributed by atoms with E-state index in [1.807, 2.05) is 12.1 Å². The second-order valence-corrected chi connectivity index (χ2v) is 13.7. The van der Waals surface area contributed by atoms with E-state index in [9.17, 15) is 0 Å². The van der Waals surface area contributed by atoms with E-state index >= 15 is 0 Å². The minimum Gasteiger partial charge on any atom is -0.456 e. The summed E-state index contributed by atoms with van der Waals surface area (Å²) in [6, 6.07) is 46.5. The SMILES string of the molecule is CC(C)(C)c1nc(-c2ccccc2-n2c3ccccc3c3ccc4oc5ccccc5c4c32)nc(-n2c3ccccc3c3ccccc32)n1. The van der Waals surface area contributed by atoms with Crippen LogP contribution in [-0.2, 0) is 5.41 Å². The second kappa shape index (κ2) is 10.1. The number of fused-ring (bicyclic) bond motifs is 10. The minimum absolute atomic E-state index is 0.325. The Morgan fingerprint density at radius 3 is 1.76 bits per heavy atom. The highest BCUT2D eigenvalue weighted by Crippen LogP contribution is 2.42. The molecule has 0 amide bonds. The van der Waals surface area contributed by atoms with Crippen LogP contribution in [0.4, 0.5) is 0 Å². The van der Waals surface area contributed by atoms with Crippen LogP contribution < -0.4 is 0 Å². The van der Waals surface area contributed by atoms with Crippen molar-refractivity contribution in [1.82, 2.24) is 24.1 Å². The maximum atomic E-state index is 6.39. The number of nitrogens with zero attached hydrogens (tertiary/aromatic N) is 5. The number of para-hydroxylation sites is 5. The lowest BCUT2D eigenvalue weighted by Gasteiger charge is -2.20. The molecule has 0 N–H and O–H groups in total. The Labute approximate surface area is 281 Å². The smallest absolute Gasteiger partial charge is 0.238 e. The predicted octanol–water partition coefficient (Wildman–Crippen LogP) is 10.9. The lowest BCUT2D eigenvalue weighted by atomic mass is 9.95. The van der Waals surface area contributed by atoms with Crippen molar-refractivity contribution in [3.8, 4) is 23.0 Å². The summed E-state index contributed by atoms with van der Waals surface area (Å²) >= 11 is 0. The average Bonchev–Trinajstić information content (AvgIpc) is 3.79. The fraction of sp³-hybridized carbons (Fsp3) is 0.0930. The van der Waals surface area contributed by atoms with Crippen LogP contribution in [0.2, 0.25) is 0 Å². The van der Waals surface area contributed by atoms with Gasteiger partial charge in [0, 0.05) is 37.9 Å². The summed E-state index contributed by atoms with van der Waals surface area (Å²) in [4.78, 5) is 15.7. The minimum atomic E-state index is -0.325. The van der Waals surface area contributed by atoms with Crippen LogP contribution in [0.15, 0.2) is 138 Å². The molecule has 10 aromatic rings. The van der Waals surface area contributed by atoms with Crippen molar-refractivity contribution >= 4 is 65.6 Å². The highest BCUT2D eigenvalue weighted by Gasteiger charge is 2.25. The van der Waals surface area contributed by atoms with Gasteiger partial charge >= 0.3 is 0 Å². The van der Waals surface area contributed by atoms with Crippen molar-refractivity contribution in [2.45, 2.75) is 26.2 Å². The predicted molar refractivity (Wildman–Crippen MR) is 200 cm³/mol. The molecule has 234 valence electrons. The fourth-order valence-electron chi connectivity index (χ4n) is 7.43. The van der Waals surface area contributed by atoms with E-state index in [1.165, 1.54) is 21.5 Å². The molecule has 0 radical (unpaired) electrons. The van der Waals surface area contributed by atoms with Crippen molar-refractivity contribution in [2.24, 2.45) is 0 Å². The average molecular weight is 634 g/mol. The Morgan fingerprint density at radius 1 is 0.490 bits per heavy atom. The summed E-state index contributed by atoms with van der Waals surface area (Å²) in [6.45, 7) is 6.46. The van der Waals surface area contributed by atoms with Gasteiger partial charge < -0.3 is 8.98 Å². The Hall–Kier alpha value is -6.27. The molecule has 0 unspecified atom stereocenters. The summed E-state index contributed by atoms with van der Waals surface area (Å²) in [5, 5.41) is 6.86. The van der Waals surface area contributed by atoms with Crippen molar-refractivity contribution in [3.63, 3.8) is 0 Å². The lowest BCUT2D eigenvalue weighted by Crippen LogP contribution is -2.19. The maximum Gasteiger partial charge on any atom is 0.238 e. The summed E-state index contributed by atoms with van der Waals surface area (Å²) in [6.07, 6.45) is 0. The van der Waals surface area contributed by atoms with Gasteiger partial charge in [0.25, 0.3) is 0 Å². The van der Waals surface area contributed by atoms with Gasteiger partial charge in [0.1, 0.15) is 17.0 Å². The summed E-state index contributed by atoms with van der Waals surface area (Å²) < 4.78 is 10.9. The Kier molecular flexibility index (Phi) is 5.74. The first-order valence-corrected chi connectivity index (χ1v) is 16.6. The van der Waals surface area contributed by atoms with Gasteiger partial charge in [-0.3, -0.25) is 4.57 Å². The standard InChI is InChI=1S/C43H31N5O/c1-43(2,3)41-44-40(45-42(46-41)48-33-20-10-4-14-26(33)27-15-5-11-21-34(27)48)30-17-7-12-22-35(30)47-32-19-9-6-16-28(32)29-24-25-37-38(39(29)47)31-18-8-13-23-36(31)49-37/h4-25H,1-3H3. The van der Waals surface area contributed by atoms with Crippen LogP contribution in [0, 0.1) is 0 Å². The van der Waals surface area contributed by atoms with Crippen LogP contribution in [0.25, 0.3) is 88.6 Å². The van der Waals surface area contributed by atoms with Crippen molar-refractivity contribution in [2.75, 3.05) is 0 Å². The molecule has 4 heterocycles. The quantitative estimate of drug-likeness (QED) is 0.194. The molecule has 10 rings (SSSR count). The first kappa shape index (κ1) is 27.8. The van der Waals surface area contributed by atoms with E-state index in [4.69, 9.17) is 19.4 Å². The summed E-state index contributed by atoms with van der Waals surface area (Å²) in [7, 11) is 0. The first-order valence-electron chi connectivity index (χ1n) is 16.6. The monoisotopic (exact) mass is 633 g/mol. The van der Waals surface area contributed by atoms with Crippen molar-refractivity contribution in [1.29, 1.82) is 0 Å². The molecule has 6 nitrogen and oxygen atoms in total. The number of rotatable bonds is 3. The topological polar surface area (TPSA) is 61.7 Å². The van der Waals surface area contributed by atoms with E-state index in [1.54, 1.807) is 0 Å². The van der Waals surface area contributed by atoms with Gasteiger partial charge in [-0.05, 0) is 48.5 Å². The zero-order valence-corrected chi connectivity index (χ0v) is 27.3. The Morgan fingerprint density at radius 2 is 1.06 bits per heavy atom. The van der Waals surface area contributed by atoms with Gasteiger partial charge in [-0.25, -0.2) is 4.98 Å². The number of furan rings is 1. The summed E-state index contributed by atoms with van der Waals surface area (Å²) in [5.41, 5.74) is 7.65. The van der Waals surface area contributed by atoms with Crippen molar-refractivity contribution < 1.29 is 4.42 Å². The molecule has 0 fully saturated rings. The lowest BCUT2D eigenvalue weighted by molar-refractivity contribution is 0.540. The first-order chi connectivity index (χ1) is 24.0. The van der Waals surface area contributed by atoms with Crippen LogP contribution in [0.1, 0.15) is 26.6 Å². The molecule has 0 aliphatic heterocycles. The van der Waals surface area contributed by atoms with Gasteiger partial charge in [-0.1, -0.05) is 106 Å². The third-order valence-electron chi connectivity index (χ3n) is 9.64. The molecule has 49 heavy (non-hydrogen) atoms. The molecule has 0 aliphatic rings. The van der Waals surface area contributed by atoms with Gasteiger partial charge in [-0.15, -0.1) is 0 Å². The zero-order valence-electron chi connectivity index (χ0n) is 27.3. The van der Waals surface area contributed by atoms with E-state index in [-0.39, 0.29) is 5.41 Å². The highest BCUT2D eigenvalue weighted by atomic mass is 16.3. The molecule has 4 aromatic heterocycles. The fourth-order valence-corrected chi connectivity index (χ4v) is 7.43. The maximum absolute atomic E-state index is 6.39. The molecule has 0 atom stereocenters. The Bertz CT molecular complexity index is 2880. The van der Waals surface area contributed by atoms with Crippen LogP contribution in [0.5, 0.6) is 0 Å². The molecular weight excluding hydrogens is 603 g/mol. The van der Waals surface area contributed by atoms with Gasteiger partial charge in [-0.2, -0.15) is 9.97 Å². The molecule has 6 heteroatoms. The Balaban J connectivity index is 1.31. The molecule has 0 aliphatic carbocycles. The highest BCUT2D eigenvalue weighted by molar-refractivity contribution is 6.24. The van der Waals surface area contributed by atoms with Crippen LogP contribution in [-0.4, -0.2) is 24.1 Å². The van der Waals surface area contributed by atoms with Crippen molar-refractivity contribution in [3.05, 3.63) is 139 Å². The zero-order chi connectivity index (χ0) is 32.9. The van der Waals surface area contributed by atoms with Gasteiger partial charge in [0.2, 0.25) is 5.95 Å². The van der Waals surface area contributed by atoms with E-state index < -0.39 is 0 Å². The molecule has 6 aromatic carbocycles.